The summed E-state index contributed by atoms with van der Waals surface area (Å²) >= 11 is 6.43. The summed E-state index contributed by atoms with van der Waals surface area (Å²) in [6, 6.07) is 23.7. The smallest absolute Gasteiger partial charge is 0.253 e. The number of rotatable bonds is 7. The molecule has 0 aliphatic carbocycles. The fourth-order valence-electron chi connectivity index (χ4n) is 4.29. The number of thioether (sulfide) groups is 1. The number of benzene rings is 3. The Balaban J connectivity index is 1.09. The summed E-state index contributed by atoms with van der Waals surface area (Å²) in [4.78, 5) is 34.2. The molecule has 0 saturated carbocycles. The zero-order chi connectivity index (χ0) is 26.5. The Labute approximate surface area is 239 Å². The number of carbonyl (C=O) groups is 2. The van der Waals surface area contributed by atoms with E-state index in [1.807, 2.05) is 90.0 Å². The molecule has 5 rings (SSSR count). The molecule has 6 nitrogen and oxygen atoms in total. The standard InChI is InChI=1S/C29H27BrN4O2S2/c1-20-3-2-4-22(17-20)28(36)34-15-13-33(14-16-34)25-11-9-24(10-12-25)31-27(35)19-38-29-32-26(18-37-29)21-5-7-23(30)8-6-21/h2-12,17-18H,13-16,19H2,1H3,(H,31,35). The Morgan fingerprint density at radius 2 is 1.74 bits per heavy atom. The second kappa shape index (κ2) is 12.1. The van der Waals surface area contributed by atoms with Crippen LogP contribution >= 0.6 is 39.0 Å². The molecule has 1 fully saturated rings. The van der Waals surface area contributed by atoms with Crippen molar-refractivity contribution >= 4 is 62.2 Å². The fraction of sp³-hybridized carbons (Fsp3) is 0.207. The van der Waals surface area contributed by atoms with Gasteiger partial charge < -0.3 is 15.1 Å². The van der Waals surface area contributed by atoms with Gasteiger partial charge >= 0.3 is 0 Å². The van der Waals surface area contributed by atoms with Gasteiger partial charge in [-0.05, 0) is 55.5 Å². The summed E-state index contributed by atoms with van der Waals surface area (Å²) in [7, 11) is 0. The van der Waals surface area contributed by atoms with E-state index in [1.165, 1.54) is 11.8 Å². The highest BCUT2D eigenvalue weighted by Gasteiger charge is 2.22. The van der Waals surface area contributed by atoms with E-state index in [4.69, 9.17) is 0 Å². The van der Waals surface area contributed by atoms with E-state index >= 15 is 0 Å². The lowest BCUT2D eigenvalue weighted by Gasteiger charge is -2.36. The van der Waals surface area contributed by atoms with Crippen LogP contribution in [0, 0.1) is 6.92 Å². The number of halogens is 1. The van der Waals surface area contributed by atoms with Crippen LogP contribution in [0.1, 0.15) is 15.9 Å². The van der Waals surface area contributed by atoms with Gasteiger partial charge in [0.2, 0.25) is 5.91 Å². The number of aryl methyl sites for hydroxylation is 1. The molecule has 3 aromatic carbocycles. The third-order valence-corrected chi connectivity index (χ3v) is 8.85. The van der Waals surface area contributed by atoms with Crippen molar-refractivity contribution in [3.63, 3.8) is 0 Å². The average molecular weight is 608 g/mol. The molecule has 0 unspecified atom stereocenters. The minimum Gasteiger partial charge on any atom is -0.368 e. The van der Waals surface area contributed by atoms with Crippen molar-refractivity contribution in [2.45, 2.75) is 11.3 Å². The highest BCUT2D eigenvalue weighted by atomic mass is 79.9. The Morgan fingerprint density at radius 1 is 1.00 bits per heavy atom. The zero-order valence-corrected chi connectivity index (χ0v) is 24.1. The third-order valence-electron chi connectivity index (χ3n) is 6.30. The molecule has 9 heteroatoms. The predicted molar refractivity (Wildman–Crippen MR) is 160 cm³/mol. The van der Waals surface area contributed by atoms with Crippen molar-refractivity contribution < 1.29 is 9.59 Å². The van der Waals surface area contributed by atoms with E-state index in [1.54, 1.807) is 11.3 Å². The fourth-order valence-corrected chi connectivity index (χ4v) is 6.18. The second-order valence-corrected chi connectivity index (χ2v) is 12.0. The molecular weight excluding hydrogens is 580 g/mol. The summed E-state index contributed by atoms with van der Waals surface area (Å²) in [6.45, 7) is 4.92. The molecule has 4 aromatic rings. The van der Waals surface area contributed by atoms with Crippen LogP contribution in [0.2, 0.25) is 0 Å². The number of nitrogens with one attached hydrogen (secondary N) is 1. The minimum atomic E-state index is -0.0635. The zero-order valence-electron chi connectivity index (χ0n) is 20.9. The average Bonchev–Trinajstić information content (AvgIpc) is 3.42. The number of amides is 2. The largest absolute Gasteiger partial charge is 0.368 e. The first-order chi connectivity index (χ1) is 18.4. The van der Waals surface area contributed by atoms with Crippen LogP contribution in [0.5, 0.6) is 0 Å². The van der Waals surface area contributed by atoms with Gasteiger partial charge in [-0.2, -0.15) is 0 Å². The number of hydrogen-bond acceptors (Lipinski definition) is 6. The Morgan fingerprint density at radius 3 is 2.45 bits per heavy atom. The van der Waals surface area contributed by atoms with Crippen molar-refractivity contribution in [1.82, 2.24) is 9.88 Å². The highest BCUT2D eigenvalue weighted by molar-refractivity contribution is 9.10. The molecule has 0 atom stereocenters. The first kappa shape index (κ1) is 26.5. The summed E-state index contributed by atoms with van der Waals surface area (Å²) in [5.41, 5.74) is 5.66. The van der Waals surface area contributed by atoms with Crippen molar-refractivity contribution in [1.29, 1.82) is 0 Å². The molecule has 1 N–H and O–H groups in total. The van der Waals surface area contributed by atoms with E-state index in [0.29, 0.717) is 18.8 Å². The Bertz CT molecular complexity index is 1420. The predicted octanol–water partition coefficient (Wildman–Crippen LogP) is 6.57. The van der Waals surface area contributed by atoms with Gasteiger partial charge in [-0.1, -0.05) is 57.5 Å². The third kappa shape index (κ3) is 6.64. The summed E-state index contributed by atoms with van der Waals surface area (Å²) in [6.07, 6.45) is 0. The minimum absolute atomic E-state index is 0.0635. The maximum atomic E-state index is 12.8. The van der Waals surface area contributed by atoms with E-state index in [-0.39, 0.29) is 11.8 Å². The molecule has 1 aliphatic rings. The van der Waals surface area contributed by atoms with Crippen LogP contribution in [0.25, 0.3) is 11.3 Å². The molecule has 0 bridgehead atoms. The second-order valence-electron chi connectivity index (χ2n) is 9.04. The molecule has 1 saturated heterocycles. The quantitative estimate of drug-likeness (QED) is 0.241. The lowest BCUT2D eigenvalue weighted by Crippen LogP contribution is -2.48. The molecule has 2 amide bonds. The first-order valence-electron chi connectivity index (χ1n) is 12.3. The van der Waals surface area contributed by atoms with Crippen molar-refractivity contribution in [2.24, 2.45) is 0 Å². The van der Waals surface area contributed by atoms with Gasteiger partial charge in [0.05, 0.1) is 11.4 Å². The van der Waals surface area contributed by atoms with E-state index in [9.17, 15) is 9.59 Å². The number of hydrogen-bond donors (Lipinski definition) is 1. The van der Waals surface area contributed by atoms with E-state index in [2.05, 4.69) is 31.1 Å². The summed E-state index contributed by atoms with van der Waals surface area (Å²) in [5.74, 6) is 0.323. The van der Waals surface area contributed by atoms with Gasteiger partial charge in [0.1, 0.15) is 0 Å². The van der Waals surface area contributed by atoms with Gasteiger partial charge in [0, 0.05) is 58.5 Å². The lowest BCUT2D eigenvalue weighted by molar-refractivity contribution is -0.113. The van der Waals surface area contributed by atoms with E-state index in [0.717, 1.165) is 55.7 Å². The molecule has 1 aromatic heterocycles. The van der Waals surface area contributed by atoms with Gasteiger partial charge in [-0.15, -0.1) is 11.3 Å². The van der Waals surface area contributed by atoms with Crippen molar-refractivity contribution in [3.8, 4) is 11.3 Å². The monoisotopic (exact) mass is 606 g/mol. The SMILES string of the molecule is Cc1cccc(C(=O)N2CCN(c3ccc(NC(=O)CSc4nc(-c5ccc(Br)cc5)cs4)cc3)CC2)c1. The van der Waals surface area contributed by atoms with Gasteiger partial charge in [0.25, 0.3) is 5.91 Å². The van der Waals surface area contributed by atoms with Crippen LogP contribution in [-0.4, -0.2) is 53.6 Å². The highest BCUT2D eigenvalue weighted by Crippen LogP contribution is 2.29. The maximum Gasteiger partial charge on any atom is 0.253 e. The summed E-state index contributed by atoms with van der Waals surface area (Å²) in [5, 5.41) is 4.99. The topological polar surface area (TPSA) is 65.5 Å². The number of carbonyl (C=O) groups excluding carboxylic acids is 2. The molecule has 38 heavy (non-hydrogen) atoms. The molecular formula is C29H27BrN4O2S2. The van der Waals surface area contributed by atoms with Crippen LogP contribution < -0.4 is 10.2 Å². The van der Waals surface area contributed by atoms with Crippen LogP contribution in [-0.2, 0) is 4.79 Å². The maximum absolute atomic E-state index is 12.8. The number of piperazine rings is 1. The molecule has 0 radical (unpaired) electrons. The van der Waals surface area contributed by atoms with Crippen LogP contribution in [0.4, 0.5) is 11.4 Å². The lowest BCUT2D eigenvalue weighted by atomic mass is 10.1. The van der Waals surface area contributed by atoms with Crippen molar-refractivity contribution in [2.75, 3.05) is 42.1 Å². The molecule has 2 heterocycles. The summed E-state index contributed by atoms with van der Waals surface area (Å²) < 4.78 is 1.90. The van der Waals surface area contributed by atoms with Crippen LogP contribution in [0.3, 0.4) is 0 Å². The van der Waals surface area contributed by atoms with Crippen LogP contribution in [0.15, 0.2) is 87.0 Å². The normalized spacial score (nSPS) is 13.4. The van der Waals surface area contributed by atoms with E-state index < -0.39 is 0 Å². The Hall–Kier alpha value is -3.14. The first-order valence-corrected chi connectivity index (χ1v) is 15.0. The Kier molecular flexibility index (Phi) is 8.46. The van der Waals surface area contributed by atoms with Gasteiger partial charge in [0.15, 0.2) is 4.34 Å². The number of anilines is 2. The number of thiazole rings is 1. The molecule has 1 aliphatic heterocycles. The number of aromatic nitrogens is 1. The van der Waals surface area contributed by atoms with Gasteiger partial charge in [-0.3, -0.25) is 9.59 Å². The molecule has 194 valence electrons. The number of nitrogens with zero attached hydrogens (tertiary/aromatic N) is 3. The van der Waals surface area contributed by atoms with Crippen molar-refractivity contribution in [3.05, 3.63) is 93.8 Å². The van der Waals surface area contributed by atoms with Gasteiger partial charge in [-0.25, -0.2) is 4.98 Å². The molecule has 0 spiro atoms.